The van der Waals surface area contributed by atoms with Crippen LogP contribution in [0.2, 0.25) is 0 Å². The smallest absolute Gasteiger partial charge is 0.375 e. The Morgan fingerprint density at radius 1 is 0.585 bits per heavy atom. The Bertz CT molecular complexity index is 753. The van der Waals surface area contributed by atoms with Crippen LogP contribution in [0, 0.1) is 0 Å². The lowest BCUT2D eigenvalue weighted by molar-refractivity contribution is -0.162. The summed E-state index contributed by atoms with van der Waals surface area (Å²) < 4.78 is 5.09. The van der Waals surface area contributed by atoms with E-state index in [9.17, 15) is 24.0 Å². The van der Waals surface area contributed by atoms with Gasteiger partial charge in [-0.15, -0.1) is 0 Å². The second-order valence-corrected chi connectivity index (χ2v) is 12.8. The molecule has 0 saturated heterocycles. The van der Waals surface area contributed by atoms with Crippen molar-refractivity contribution in [3.8, 4) is 0 Å². The largest absolute Gasteiger partial charge is 0.481 e. The summed E-state index contributed by atoms with van der Waals surface area (Å²) in [5.74, 6) is 0.424. The first-order valence-corrected chi connectivity index (χ1v) is 16.8. The molecule has 0 bridgehead atoms. The van der Waals surface area contributed by atoms with E-state index in [0.29, 0.717) is 38.8 Å². The highest BCUT2D eigenvalue weighted by Gasteiger charge is 2.22. The van der Waals surface area contributed by atoms with E-state index < -0.39 is 23.3 Å². The van der Waals surface area contributed by atoms with Crippen molar-refractivity contribution < 1.29 is 33.8 Å². The number of carboxylic acids is 1. The second kappa shape index (κ2) is 25.6. The molecule has 0 radical (unpaired) electrons. The third-order valence-electron chi connectivity index (χ3n) is 6.30. The Hall–Kier alpha value is -2.10. The van der Waals surface area contributed by atoms with Crippen LogP contribution in [0.1, 0.15) is 136 Å². The fraction of sp³-hybridized carbons (Fsp3) is 0.839. The highest BCUT2D eigenvalue weighted by molar-refractivity contribution is 7.99. The topological polar surface area (TPSA) is 139 Å². The van der Waals surface area contributed by atoms with E-state index in [0.717, 1.165) is 63.5 Å². The Morgan fingerprint density at radius 3 is 1.59 bits per heavy atom. The predicted octanol–water partition coefficient (Wildman–Crippen LogP) is 5.97. The van der Waals surface area contributed by atoms with Crippen LogP contribution in [0.4, 0.5) is 0 Å². The van der Waals surface area contributed by atoms with Crippen molar-refractivity contribution >= 4 is 41.3 Å². The number of thioether (sulfide) groups is 1. The molecule has 0 fully saturated rings. The van der Waals surface area contributed by atoms with Crippen molar-refractivity contribution in [2.75, 3.05) is 24.6 Å². The van der Waals surface area contributed by atoms with E-state index >= 15 is 0 Å². The molecule has 0 heterocycles. The van der Waals surface area contributed by atoms with Gasteiger partial charge in [-0.25, -0.2) is 4.79 Å². The average molecular weight is 601 g/mol. The van der Waals surface area contributed by atoms with E-state index in [1.54, 1.807) is 20.8 Å². The van der Waals surface area contributed by atoms with E-state index in [1.807, 2.05) is 11.8 Å². The lowest BCUT2D eigenvalue weighted by Gasteiger charge is -2.18. The summed E-state index contributed by atoms with van der Waals surface area (Å²) >= 11 is 1.99. The van der Waals surface area contributed by atoms with Gasteiger partial charge in [0.1, 0.15) is 5.60 Å². The van der Waals surface area contributed by atoms with Gasteiger partial charge in [0, 0.05) is 38.8 Å². The Labute approximate surface area is 252 Å². The minimum Gasteiger partial charge on any atom is -0.481 e. The first kappa shape index (κ1) is 38.9. The SMILES string of the molecule is CC(C)(C)OC(=O)C(=O)CCCCCCCSCCCCCCCC(=O)NCCCC(=O)NCCCCCC(=O)O. The normalized spacial score (nSPS) is 11.2. The van der Waals surface area contributed by atoms with Gasteiger partial charge in [0.2, 0.25) is 17.6 Å². The van der Waals surface area contributed by atoms with Gasteiger partial charge in [0.15, 0.2) is 0 Å². The van der Waals surface area contributed by atoms with Gasteiger partial charge >= 0.3 is 11.9 Å². The van der Waals surface area contributed by atoms with Gasteiger partial charge in [0.05, 0.1) is 0 Å². The fourth-order valence-electron chi connectivity index (χ4n) is 4.04. The lowest BCUT2D eigenvalue weighted by atomic mass is 10.1. The van der Waals surface area contributed by atoms with Crippen LogP contribution in [0.3, 0.4) is 0 Å². The first-order chi connectivity index (χ1) is 19.5. The molecule has 0 spiro atoms. The zero-order chi connectivity index (χ0) is 30.8. The zero-order valence-corrected chi connectivity index (χ0v) is 26.7. The minimum atomic E-state index is -0.787. The number of Topliss-reactive ketones (excluding diaryl/α,β-unsaturated/α-hetero) is 1. The zero-order valence-electron chi connectivity index (χ0n) is 25.9. The maximum absolute atomic E-state index is 11.9. The van der Waals surface area contributed by atoms with Gasteiger partial charge in [0.25, 0.3) is 0 Å². The maximum atomic E-state index is 11.9. The molecule has 0 saturated carbocycles. The van der Waals surface area contributed by atoms with Gasteiger partial charge in [-0.05, 0) is 77.2 Å². The van der Waals surface area contributed by atoms with E-state index in [2.05, 4.69) is 10.6 Å². The number of rotatable bonds is 27. The molecule has 238 valence electrons. The van der Waals surface area contributed by atoms with Crippen molar-refractivity contribution in [1.29, 1.82) is 0 Å². The summed E-state index contributed by atoms with van der Waals surface area (Å²) in [6.07, 6.45) is 14.8. The molecule has 0 atom stereocenters. The third kappa shape index (κ3) is 29.2. The van der Waals surface area contributed by atoms with Crippen LogP contribution >= 0.6 is 11.8 Å². The van der Waals surface area contributed by atoms with Crippen molar-refractivity contribution in [2.24, 2.45) is 0 Å². The third-order valence-corrected chi connectivity index (χ3v) is 7.46. The molecule has 0 aromatic carbocycles. The predicted molar refractivity (Wildman–Crippen MR) is 165 cm³/mol. The Morgan fingerprint density at radius 2 is 1.02 bits per heavy atom. The number of ether oxygens (including phenoxy) is 1. The molecule has 3 N–H and O–H groups in total. The van der Waals surface area contributed by atoms with Crippen molar-refractivity contribution in [3.05, 3.63) is 0 Å². The van der Waals surface area contributed by atoms with Gasteiger partial charge < -0.3 is 20.5 Å². The van der Waals surface area contributed by atoms with Crippen LogP contribution in [0.15, 0.2) is 0 Å². The summed E-state index contributed by atoms with van der Waals surface area (Å²) in [4.78, 5) is 57.6. The summed E-state index contributed by atoms with van der Waals surface area (Å²) in [5, 5.41) is 14.3. The summed E-state index contributed by atoms with van der Waals surface area (Å²) in [5.41, 5.74) is -0.622. The number of ketones is 1. The number of aliphatic carboxylic acids is 1. The molecular weight excluding hydrogens is 544 g/mol. The van der Waals surface area contributed by atoms with Gasteiger partial charge in [-0.1, -0.05) is 44.9 Å². The number of carbonyl (C=O) groups excluding carboxylic acids is 4. The maximum Gasteiger partial charge on any atom is 0.375 e. The monoisotopic (exact) mass is 600 g/mol. The molecule has 41 heavy (non-hydrogen) atoms. The molecular formula is C31H56N2O7S. The number of carbonyl (C=O) groups is 5. The highest BCUT2D eigenvalue weighted by atomic mass is 32.2. The molecule has 9 nitrogen and oxygen atoms in total. The van der Waals surface area contributed by atoms with Gasteiger partial charge in [-0.2, -0.15) is 11.8 Å². The molecule has 0 aromatic rings. The minimum absolute atomic E-state index is 0.0295. The average Bonchev–Trinajstić information content (AvgIpc) is 2.89. The molecule has 0 aliphatic rings. The summed E-state index contributed by atoms with van der Waals surface area (Å²) in [7, 11) is 0. The quantitative estimate of drug-likeness (QED) is 0.0595. The number of unbranched alkanes of at least 4 members (excludes halogenated alkanes) is 10. The molecule has 2 amide bonds. The number of nitrogens with one attached hydrogen (secondary N) is 2. The van der Waals surface area contributed by atoms with Crippen molar-refractivity contribution in [1.82, 2.24) is 10.6 Å². The fourth-order valence-corrected chi connectivity index (χ4v) is 5.06. The standard InChI is InChI=1S/C31H56N2O7S/c1-31(2,3)40-30(39)26(34)18-11-6-4-8-15-24-41-25-16-9-5-7-12-19-27(35)33-23-17-20-28(36)32-22-14-10-13-21-29(37)38/h4-25H2,1-3H3,(H,32,36)(H,33,35)(H,37,38). The van der Waals surface area contributed by atoms with E-state index in [-0.39, 0.29) is 24.7 Å². The first-order valence-electron chi connectivity index (χ1n) is 15.6. The summed E-state index contributed by atoms with van der Waals surface area (Å²) in [6.45, 7) is 6.36. The number of hydrogen-bond acceptors (Lipinski definition) is 7. The van der Waals surface area contributed by atoms with Crippen LogP contribution < -0.4 is 10.6 Å². The summed E-state index contributed by atoms with van der Waals surface area (Å²) in [6, 6.07) is 0. The lowest BCUT2D eigenvalue weighted by Crippen LogP contribution is -2.28. The molecule has 0 unspecified atom stereocenters. The number of hydrogen-bond donors (Lipinski definition) is 3. The molecule has 0 aliphatic heterocycles. The molecule has 0 rings (SSSR count). The highest BCUT2D eigenvalue weighted by Crippen LogP contribution is 2.14. The Kier molecular flexibility index (Phi) is 24.3. The second-order valence-electron chi connectivity index (χ2n) is 11.6. The van der Waals surface area contributed by atoms with E-state index in [4.69, 9.17) is 9.84 Å². The number of esters is 1. The van der Waals surface area contributed by atoms with Crippen LogP contribution in [-0.4, -0.2) is 64.8 Å². The van der Waals surface area contributed by atoms with Crippen LogP contribution in [-0.2, 0) is 28.7 Å². The van der Waals surface area contributed by atoms with Crippen molar-refractivity contribution in [3.63, 3.8) is 0 Å². The van der Waals surface area contributed by atoms with Gasteiger partial charge in [-0.3, -0.25) is 19.2 Å². The van der Waals surface area contributed by atoms with Crippen molar-refractivity contribution in [2.45, 2.75) is 142 Å². The molecule has 0 aromatic heterocycles. The number of carboxylic acid groups (broad SMARTS) is 1. The molecule has 0 aliphatic carbocycles. The Balaban J connectivity index is 3.38. The van der Waals surface area contributed by atoms with Crippen LogP contribution in [0.5, 0.6) is 0 Å². The number of amides is 2. The molecule has 10 heteroatoms. The van der Waals surface area contributed by atoms with E-state index in [1.165, 1.54) is 25.0 Å². The van der Waals surface area contributed by atoms with Crippen LogP contribution in [0.25, 0.3) is 0 Å².